The van der Waals surface area contributed by atoms with Crippen molar-refractivity contribution in [3.8, 4) is 16.9 Å². The molecule has 2 rings (SSSR count). The van der Waals surface area contributed by atoms with Crippen LogP contribution in [0.2, 0.25) is 0 Å². The molecule has 0 atom stereocenters. The topological polar surface area (TPSA) is 73.9 Å². The third kappa shape index (κ3) is 3.59. The molecule has 8 heteroatoms. The summed E-state index contributed by atoms with van der Waals surface area (Å²) < 4.78 is 44.4. The number of rotatable bonds is 4. The largest absolute Gasteiger partial charge is 0.492 e. The number of ether oxygens (including phenoxy) is 1. The van der Waals surface area contributed by atoms with Gasteiger partial charge in [-0.1, -0.05) is 6.92 Å². The summed E-state index contributed by atoms with van der Waals surface area (Å²) in [5.41, 5.74) is 4.17. The molecule has 2 aromatic heterocycles. The molecule has 0 aliphatic heterocycles. The quantitative estimate of drug-likeness (QED) is 0.939. The first-order chi connectivity index (χ1) is 9.91. The van der Waals surface area contributed by atoms with Crippen LogP contribution in [0.5, 0.6) is 5.75 Å². The van der Waals surface area contributed by atoms with E-state index >= 15 is 0 Å². The Hall–Kier alpha value is -2.38. The summed E-state index contributed by atoms with van der Waals surface area (Å²) in [6.45, 7) is 2.38. The van der Waals surface area contributed by atoms with Gasteiger partial charge >= 0.3 is 6.18 Å². The Kier molecular flexibility index (Phi) is 4.25. The van der Waals surface area contributed by atoms with Crippen molar-refractivity contribution in [2.24, 2.45) is 0 Å². The fourth-order valence-electron chi connectivity index (χ4n) is 1.69. The number of nitrogens with zero attached hydrogens (tertiary/aromatic N) is 3. The van der Waals surface area contributed by atoms with Gasteiger partial charge in [-0.2, -0.15) is 13.2 Å². The minimum Gasteiger partial charge on any atom is -0.492 e. The van der Waals surface area contributed by atoms with E-state index in [1.165, 1.54) is 18.5 Å². The number of pyridine rings is 1. The Morgan fingerprint density at radius 1 is 1.24 bits per heavy atom. The van der Waals surface area contributed by atoms with Crippen LogP contribution in [0.1, 0.15) is 19.0 Å². The van der Waals surface area contributed by atoms with Crippen LogP contribution in [0.4, 0.5) is 19.1 Å². The maximum Gasteiger partial charge on any atom is 0.434 e. The Labute approximate surface area is 119 Å². The molecule has 0 aromatic carbocycles. The van der Waals surface area contributed by atoms with E-state index in [2.05, 4.69) is 15.0 Å². The standard InChI is InChI=1S/C13H13F3N4O/c1-2-3-21-9-4-8(5-18-6-9)10-7-19-12(17)20-11(10)13(14,15)16/h4-7H,2-3H2,1H3,(H2,17,19,20). The van der Waals surface area contributed by atoms with Gasteiger partial charge in [0, 0.05) is 23.5 Å². The van der Waals surface area contributed by atoms with Crippen molar-refractivity contribution in [1.82, 2.24) is 15.0 Å². The van der Waals surface area contributed by atoms with E-state index in [9.17, 15) is 13.2 Å². The van der Waals surface area contributed by atoms with E-state index in [4.69, 9.17) is 10.5 Å². The van der Waals surface area contributed by atoms with E-state index in [-0.39, 0.29) is 11.1 Å². The second-order valence-electron chi connectivity index (χ2n) is 4.25. The first kappa shape index (κ1) is 15.0. The fourth-order valence-corrected chi connectivity index (χ4v) is 1.69. The Morgan fingerprint density at radius 3 is 2.67 bits per heavy atom. The second-order valence-corrected chi connectivity index (χ2v) is 4.25. The zero-order valence-electron chi connectivity index (χ0n) is 11.2. The van der Waals surface area contributed by atoms with Crippen molar-refractivity contribution in [2.75, 3.05) is 12.3 Å². The Balaban J connectivity index is 2.47. The molecule has 0 aliphatic carbocycles. The first-order valence-electron chi connectivity index (χ1n) is 6.19. The van der Waals surface area contributed by atoms with Gasteiger partial charge in [0.2, 0.25) is 5.95 Å². The summed E-state index contributed by atoms with van der Waals surface area (Å²) in [7, 11) is 0. The molecule has 0 bridgehead atoms. The normalized spacial score (nSPS) is 11.4. The maximum absolute atomic E-state index is 13.0. The number of halogens is 3. The molecule has 0 aliphatic rings. The van der Waals surface area contributed by atoms with Crippen molar-refractivity contribution in [1.29, 1.82) is 0 Å². The van der Waals surface area contributed by atoms with Crippen LogP contribution in [0.15, 0.2) is 24.7 Å². The Morgan fingerprint density at radius 2 is 2.00 bits per heavy atom. The predicted octanol–water partition coefficient (Wildman–Crippen LogP) is 2.93. The first-order valence-corrected chi connectivity index (χ1v) is 6.19. The average molecular weight is 298 g/mol. The SMILES string of the molecule is CCCOc1cncc(-c2cnc(N)nc2C(F)(F)F)c1. The number of hydrogen-bond donors (Lipinski definition) is 1. The molecule has 0 spiro atoms. The zero-order chi connectivity index (χ0) is 15.5. The third-order valence-corrected chi connectivity index (χ3v) is 2.57. The van der Waals surface area contributed by atoms with Crippen molar-refractivity contribution < 1.29 is 17.9 Å². The van der Waals surface area contributed by atoms with E-state index in [0.717, 1.165) is 12.6 Å². The van der Waals surface area contributed by atoms with Crippen LogP contribution in [-0.2, 0) is 6.18 Å². The molecule has 0 amide bonds. The molecule has 2 N–H and O–H groups in total. The van der Waals surface area contributed by atoms with E-state index in [0.29, 0.717) is 12.4 Å². The summed E-state index contributed by atoms with van der Waals surface area (Å²) in [4.78, 5) is 10.8. The molecule has 21 heavy (non-hydrogen) atoms. The molecule has 112 valence electrons. The summed E-state index contributed by atoms with van der Waals surface area (Å²) in [6, 6.07) is 1.47. The van der Waals surface area contributed by atoms with Gasteiger partial charge < -0.3 is 10.5 Å². The predicted molar refractivity (Wildman–Crippen MR) is 70.5 cm³/mol. The van der Waals surface area contributed by atoms with Crippen molar-refractivity contribution in [3.63, 3.8) is 0 Å². The van der Waals surface area contributed by atoms with Crippen molar-refractivity contribution >= 4 is 5.95 Å². The molecule has 2 heterocycles. The molecule has 0 radical (unpaired) electrons. The minimum absolute atomic E-state index is 0.189. The van der Waals surface area contributed by atoms with Crippen LogP contribution in [-0.4, -0.2) is 21.6 Å². The second kappa shape index (κ2) is 5.94. The molecular formula is C13H13F3N4O. The van der Waals surface area contributed by atoms with Crippen LogP contribution in [0, 0.1) is 0 Å². The van der Waals surface area contributed by atoms with Crippen LogP contribution in [0.25, 0.3) is 11.1 Å². The van der Waals surface area contributed by atoms with Crippen LogP contribution < -0.4 is 10.5 Å². The molecule has 2 aromatic rings. The lowest BCUT2D eigenvalue weighted by Gasteiger charge is -2.12. The highest BCUT2D eigenvalue weighted by molar-refractivity contribution is 5.66. The highest BCUT2D eigenvalue weighted by Gasteiger charge is 2.36. The fraction of sp³-hybridized carbons (Fsp3) is 0.308. The molecule has 0 saturated carbocycles. The summed E-state index contributed by atoms with van der Waals surface area (Å²) in [6.07, 6.45) is -0.0883. The van der Waals surface area contributed by atoms with Gasteiger partial charge in [0.15, 0.2) is 5.69 Å². The van der Waals surface area contributed by atoms with Crippen molar-refractivity contribution in [2.45, 2.75) is 19.5 Å². The number of nitrogens with two attached hydrogens (primary N) is 1. The lowest BCUT2D eigenvalue weighted by molar-refractivity contribution is -0.140. The van der Waals surface area contributed by atoms with Gasteiger partial charge in [0.1, 0.15) is 5.75 Å². The number of anilines is 1. The van der Waals surface area contributed by atoms with E-state index in [1.54, 1.807) is 0 Å². The maximum atomic E-state index is 13.0. The molecule has 0 fully saturated rings. The van der Waals surface area contributed by atoms with Gasteiger partial charge in [-0.25, -0.2) is 9.97 Å². The van der Waals surface area contributed by atoms with Crippen LogP contribution in [0.3, 0.4) is 0 Å². The molecule has 5 nitrogen and oxygen atoms in total. The van der Waals surface area contributed by atoms with E-state index in [1.807, 2.05) is 6.92 Å². The number of hydrogen-bond acceptors (Lipinski definition) is 5. The van der Waals surface area contributed by atoms with Gasteiger partial charge in [0.05, 0.1) is 12.8 Å². The van der Waals surface area contributed by atoms with E-state index < -0.39 is 17.8 Å². The zero-order valence-corrected chi connectivity index (χ0v) is 11.2. The summed E-state index contributed by atoms with van der Waals surface area (Å²) in [5.74, 6) is -0.0447. The summed E-state index contributed by atoms with van der Waals surface area (Å²) in [5, 5.41) is 0. The highest BCUT2D eigenvalue weighted by Crippen LogP contribution is 2.36. The third-order valence-electron chi connectivity index (χ3n) is 2.57. The number of aromatic nitrogens is 3. The molecular weight excluding hydrogens is 285 g/mol. The lowest BCUT2D eigenvalue weighted by Crippen LogP contribution is -2.12. The summed E-state index contributed by atoms with van der Waals surface area (Å²) >= 11 is 0. The Bertz CT molecular complexity index is 631. The number of nitrogen functional groups attached to an aromatic ring is 1. The number of alkyl halides is 3. The highest BCUT2D eigenvalue weighted by atomic mass is 19.4. The minimum atomic E-state index is -4.63. The van der Waals surface area contributed by atoms with Crippen LogP contribution >= 0.6 is 0 Å². The molecule has 0 saturated heterocycles. The van der Waals surface area contributed by atoms with Gasteiger partial charge in [-0.15, -0.1) is 0 Å². The molecule has 0 unspecified atom stereocenters. The van der Waals surface area contributed by atoms with Gasteiger partial charge in [0.25, 0.3) is 0 Å². The van der Waals surface area contributed by atoms with Crippen molar-refractivity contribution in [3.05, 3.63) is 30.4 Å². The smallest absolute Gasteiger partial charge is 0.434 e. The van der Waals surface area contributed by atoms with Gasteiger partial charge in [-0.05, 0) is 12.5 Å². The average Bonchev–Trinajstić information content (AvgIpc) is 2.44. The van der Waals surface area contributed by atoms with Gasteiger partial charge in [-0.3, -0.25) is 4.98 Å². The lowest BCUT2D eigenvalue weighted by atomic mass is 10.1. The monoisotopic (exact) mass is 298 g/mol.